The van der Waals surface area contributed by atoms with Crippen molar-refractivity contribution in [2.45, 2.75) is 93.0 Å². The second-order valence-corrected chi connectivity index (χ2v) is 39.9. The minimum atomic E-state index is -4.86. The van der Waals surface area contributed by atoms with E-state index in [0.29, 0.717) is 102 Å². The molecule has 1 amide bonds. The highest BCUT2D eigenvalue weighted by Crippen LogP contribution is 2.42. The molecule has 0 aliphatic carbocycles. The van der Waals surface area contributed by atoms with Crippen molar-refractivity contribution in [1.82, 2.24) is 29.9 Å². The Labute approximate surface area is 853 Å². The average molecular weight is 2110 g/mol. The lowest BCUT2D eigenvalue weighted by Gasteiger charge is -2.16. The molecule has 0 fully saturated rings. The Bertz CT molecular complexity index is 8370. The predicted octanol–water partition coefficient (Wildman–Crippen LogP) is 25.6. The zero-order chi connectivity index (χ0) is 105. The first-order valence-electron chi connectivity index (χ1n) is 45.0. The second kappa shape index (κ2) is 48.0. The Balaban J connectivity index is 0.707. The van der Waals surface area contributed by atoms with Gasteiger partial charge in [-0.2, -0.15) is 133 Å². The highest BCUT2D eigenvalue weighted by molar-refractivity contribution is 7.87. The lowest BCUT2D eigenvalue weighted by atomic mass is 10.1. The zero-order valence-electron chi connectivity index (χ0n) is 79.3. The van der Waals surface area contributed by atoms with E-state index in [1.807, 2.05) is 50.2 Å². The third-order valence-electron chi connectivity index (χ3n) is 21.1. The van der Waals surface area contributed by atoms with E-state index in [9.17, 15) is 69.6 Å². The molecule has 0 radical (unpaired) electrons. The monoisotopic (exact) mass is 2100 g/mol. The van der Waals surface area contributed by atoms with Crippen molar-refractivity contribution in [3.63, 3.8) is 0 Å². The molecule has 0 aliphatic heterocycles. The SMILES string of the molecule is CCCOc1cc(N=Nc2ccc(N=Nc3ccccc3)cc2S(=O)(=O)O)c(C)cc1Nc1nc(NCc2ccc(CNc3nc(Cc4ccc(N=Nc5ccc(N=Nc6ccccc6)cc5S(=O)(=O)O)c(C)c4)nc(Cc4cc(NC(C)=O)c(N=Nc5ccc(N=Nc6ccc(S(=O)(=O)O)cc6)cc5)cc4OCCCS(=O)(=O)O)n3)cc2)nc(Nc2ccc(N=Nc3ccc(N=Nc4ccc(S(=O)(=O)O)cc4)cc3)c(C)c2)n1. The molecular weight excluding hydrogens is 2020 g/mol. The van der Waals surface area contributed by atoms with Crippen LogP contribution in [-0.4, -0.2) is 120 Å². The summed E-state index contributed by atoms with van der Waals surface area (Å²) in [4.78, 5) is 40.6. The molecule has 0 bridgehead atoms. The molecule has 0 unspecified atom stereocenters. The van der Waals surface area contributed by atoms with Gasteiger partial charge in [0.15, 0.2) is 0 Å². The van der Waals surface area contributed by atoms with Crippen LogP contribution in [0, 0.1) is 20.8 Å². The lowest BCUT2D eigenvalue weighted by Crippen LogP contribution is -2.13. The topological polar surface area (TPSA) is 643 Å². The van der Waals surface area contributed by atoms with Gasteiger partial charge in [0.1, 0.15) is 50.0 Å². The van der Waals surface area contributed by atoms with Crippen molar-refractivity contribution in [3.8, 4) is 11.5 Å². The van der Waals surface area contributed by atoms with Crippen molar-refractivity contribution in [1.29, 1.82) is 0 Å². The minimum Gasteiger partial charge on any atom is -0.493 e. The number of amides is 1. The number of hydrogen-bond donors (Lipinski definition) is 10. The molecule has 149 heavy (non-hydrogen) atoms. The Morgan fingerprint density at radius 1 is 0.322 bits per heavy atom. The van der Waals surface area contributed by atoms with Crippen LogP contribution in [0.15, 0.2) is 380 Å². The largest absolute Gasteiger partial charge is 0.493 e. The molecule has 2 aromatic heterocycles. The van der Waals surface area contributed by atoms with Crippen molar-refractivity contribution in [2.75, 3.05) is 45.6 Å². The Morgan fingerprint density at radius 2 is 0.698 bits per heavy atom. The molecule has 0 aliphatic rings. The number of ether oxygens (including phenoxy) is 2. The summed E-state index contributed by atoms with van der Waals surface area (Å²) in [6.07, 6.45) is 0.379. The molecule has 2 heterocycles. The summed E-state index contributed by atoms with van der Waals surface area (Å²) in [7, 11) is -23.0. The average Bonchev–Trinajstić information content (AvgIpc) is 0.787. The van der Waals surface area contributed by atoms with E-state index in [4.69, 9.17) is 39.4 Å². The van der Waals surface area contributed by atoms with E-state index in [-0.39, 0.29) is 142 Å². The second-order valence-electron chi connectivity index (χ2n) is 32.7. The number of benzene rings is 13. The summed E-state index contributed by atoms with van der Waals surface area (Å²) >= 11 is 0. The summed E-state index contributed by atoms with van der Waals surface area (Å²) in [6.45, 7) is 8.86. The number of anilines is 7. The minimum absolute atomic E-state index is 0.0422. The maximum Gasteiger partial charge on any atom is 0.296 e. The molecule has 15 rings (SSSR count). The van der Waals surface area contributed by atoms with Gasteiger partial charge in [0.05, 0.1) is 114 Å². The van der Waals surface area contributed by atoms with E-state index in [0.717, 1.165) is 23.3 Å². The third kappa shape index (κ3) is 31.3. The van der Waals surface area contributed by atoms with E-state index in [1.165, 1.54) is 85.8 Å². The number of nitrogens with one attached hydrogen (secondary N) is 5. The van der Waals surface area contributed by atoms with Gasteiger partial charge in [-0.3, -0.25) is 27.6 Å². The number of carbonyl (C=O) groups excluding carboxylic acids is 1. The van der Waals surface area contributed by atoms with Crippen LogP contribution in [0.25, 0.3) is 0 Å². The van der Waals surface area contributed by atoms with Crippen LogP contribution < -0.4 is 36.1 Å². The lowest BCUT2D eigenvalue weighted by molar-refractivity contribution is -0.114. The summed E-state index contributed by atoms with van der Waals surface area (Å²) in [5.74, 6) is 0.0354. The fourth-order valence-electron chi connectivity index (χ4n) is 13.8. The number of rotatable bonds is 43. The number of azo groups is 8. The number of hydrogen-bond acceptors (Lipinski definition) is 39. The maximum absolute atomic E-state index is 13.1. The zero-order valence-corrected chi connectivity index (χ0v) is 83.4. The van der Waals surface area contributed by atoms with E-state index >= 15 is 0 Å². The number of carbonyl (C=O) groups is 1. The van der Waals surface area contributed by atoms with Crippen LogP contribution in [-0.2, 0) is 81.3 Å². The highest BCUT2D eigenvalue weighted by atomic mass is 32.2. The van der Waals surface area contributed by atoms with Crippen molar-refractivity contribution >= 4 is 188 Å². The van der Waals surface area contributed by atoms with Crippen molar-refractivity contribution < 1.29 is 79.1 Å². The maximum atomic E-state index is 13.1. The number of aryl methyl sites for hydroxylation is 3. The Morgan fingerprint density at radius 3 is 1.16 bits per heavy atom. The van der Waals surface area contributed by atoms with Gasteiger partial charge in [-0.25, -0.2) is 4.98 Å². The van der Waals surface area contributed by atoms with Crippen LogP contribution in [0.1, 0.15) is 77.3 Å². The molecule has 0 atom stereocenters. The fraction of sp³-hybridized carbons (Fsp3) is 0.141. The van der Waals surface area contributed by atoms with Gasteiger partial charge in [-0.15, -0.1) is 15.3 Å². The molecule has 0 saturated heterocycles. The van der Waals surface area contributed by atoms with E-state index in [2.05, 4.69) is 108 Å². The molecule has 15 aromatic rings. The Kier molecular flexibility index (Phi) is 34.1. The third-order valence-corrected chi connectivity index (χ3v) is 25.4. The fourth-order valence-corrected chi connectivity index (χ4v) is 16.6. The van der Waals surface area contributed by atoms with Crippen LogP contribution in [0.3, 0.4) is 0 Å². The summed E-state index contributed by atoms with van der Waals surface area (Å²) in [5, 5.41) is 84.5. The van der Waals surface area contributed by atoms with Gasteiger partial charge < -0.3 is 36.1 Å². The predicted molar refractivity (Wildman–Crippen MR) is 554 cm³/mol. The quantitative estimate of drug-likeness (QED) is 0.00964. The normalized spacial score (nSPS) is 12.3. The molecule has 50 heteroatoms. The first kappa shape index (κ1) is 106. The summed E-state index contributed by atoms with van der Waals surface area (Å²) in [6, 6.07) is 73.2. The van der Waals surface area contributed by atoms with Gasteiger partial charge in [-0.05, 0) is 261 Å². The van der Waals surface area contributed by atoms with E-state index < -0.39 is 72.0 Å². The molecule has 10 N–H and O–H groups in total. The highest BCUT2D eigenvalue weighted by Gasteiger charge is 2.24. The van der Waals surface area contributed by atoms with Gasteiger partial charge >= 0.3 is 0 Å². The van der Waals surface area contributed by atoms with Crippen LogP contribution in [0.4, 0.5) is 132 Å². The standard InChI is InChI=1S/C99H89N27O18S5/c1-6-46-143-91-57-86(125-124-85-45-37-79(56-93(85)149(140,141)142)120-112-70-16-11-8-12-17-70)63(4)51-89(91)104-99-109-97(108-98(110-99)103-77-35-43-83(62(3)50-77)121-117-73-27-23-71(24-28-73)113-115-75-31-38-80(39-32-75)146(131,132)133)101-60-66-20-18-65(19-21-66)59-100-96-106-94(52-67-22-42-82(61(2)49-67)122-123-84-44-36-78(55-92(84)148(137,138)139)119-111-69-14-9-7-10-15-69)105-95(107-96)54-68-53-87(102-64(5)127)88(58-90(68)144-47-13-48-145(128,129)130)126-118-74-29-25-72(26-30-74)114-116-76-33-40-81(41-34-76)147(134,135)136/h7-12,14-45,49-51,53,55-58H,6,13,46-48,52,54,59-60H2,1-5H3,(H,102,127)(H,128,129,130)(H,131,132,133)(H,134,135,136)(H,137,138,139)(H,140,141,142)(H,100,105,106,107)(H3,101,103,104,108,109,110). The molecule has 45 nitrogen and oxygen atoms in total. The van der Waals surface area contributed by atoms with Crippen molar-refractivity contribution in [3.05, 3.63) is 330 Å². The first-order valence-corrected chi connectivity index (χ1v) is 52.3. The van der Waals surface area contributed by atoms with Crippen LogP contribution >= 0.6 is 0 Å². The Hall–Kier alpha value is -17.5. The molecular formula is C99H89N27O18S5. The van der Waals surface area contributed by atoms with Crippen molar-refractivity contribution in [2.24, 2.45) is 81.8 Å². The smallest absolute Gasteiger partial charge is 0.296 e. The molecule has 758 valence electrons. The van der Waals surface area contributed by atoms with Crippen LogP contribution in [0.5, 0.6) is 11.5 Å². The number of nitrogens with zero attached hydrogens (tertiary/aromatic N) is 22. The molecule has 13 aromatic carbocycles. The van der Waals surface area contributed by atoms with Gasteiger partial charge in [-0.1, -0.05) is 79.7 Å². The summed E-state index contributed by atoms with van der Waals surface area (Å²) < 4.78 is 183. The van der Waals surface area contributed by atoms with E-state index in [1.54, 1.807) is 166 Å². The van der Waals surface area contributed by atoms with Crippen LogP contribution in [0.2, 0.25) is 0 Å². The molecule has 0 saturated carbocycles. The van der Waals surface area contributed by atoms with Gasteiger partial charge in [0, 0.05) is 56.2 Å². The summed E-state index contributed by atoms with van der Waals surface area (Å²) in [5.41, 5.74) is 9.93. The van der Waals surface area contributed by atoms with Gasteiger partial charge in [0.2, 0.25) is 29.7 Å². The first-order chi connectivity index (χ1) is 71.3. The number of aromatic nitrogens is 6. The van der Waals surface area contributed by atoms with Gasteiger partial charge in [0.25, 0.3) is 50.6 Å². The molecule has 0 spiro atoms.